The zero-order valence-corrected chi connectivity index (χ0v) is 16.7. The topological polar surface area (TPSA) is 99.6 Å². The Morgan fingerprint density at radius 2 is 1.79 bits per heavy atom. The van der Waals surface area contributed by atoms with Crippen molar-refractivity contribution >= 4 is 27.5 Å². The van der Waals surface area contributed by atoms with E-state index in [9.17, 15) is 18.3 Å². The second kappa shape index (κ2) is 8.60. The van der Waals surface area contributed by atoms with E-state index in [2.05, 4.69) is 9.71 Å². The molecule has 1 aromatic heterocycles. The molecular weight excluding hydrogens is 378 g/mol. The lowest BCUT2D eigenvalue weighted by Crippen LogP contribution is -2.29. The molecule has 1 aliphatic rings. The molecule has 150 valence electrons. The number of aromatic nitrogens is 1. The van der Waals surface area contributed by atoms with Crippen LogP contribution in [0.3, 0.4) is 0 Å². The van der Waals surface area contributed by atoms with Crippen LogP contribution in [0.1, 0.15) is 48.0 Å². The molecule has 1 saturated heterocycles. The van der Waals surface area contributed by atoms with Gasteiger partial charge in [-0.15, -0.1) is 0 Å². The maximum Gasteiger partial charge on any atom is 0.339 e. The van der Waals surface area contributed by atoms with E-state index in [4.69, 9.17) is 0 Å². The molecule has 0 radical (unpaired) electrons. The number of rotatable bonds is 5. The third-order valence-electron chi connectivity index (χ3n) is 4.80. The predicted octanol–water partition coefficient (Wildman–Crippen LogP) is 3.66. The summed E-state index contributed by atoms with van der Waals surface area (Å²) in [5, 5.41) is 9.65. The number of nitrogens with zero attached hydrogens (tertiary/aromatic N) is 2. The Bertz CT molecular complexity index is 952. The number of pyridine rings is 1. The van der Waals surface area contributed by atoms with Gasteiger partial charge in [0.1, 0.15) is 11.4 Å². The van der Waals surface area contributed by atoms with E-state index >= 15 is 0 Å². The number of nitrogens with one attached hydrogen (secondary N) is 1. The Labute approximate surface area is 165 Å². The van der Waals surface area contributed by atoms with E-state index in [1.165, 1.54) is 24.8 Å². The van der Waals surface area contributed by atoms with Crippen LogP contribution < -0.4 is 9.62 Å². The zero-order valence-electron chi connectivity index (χ0n) is 15.9. The maximum absolute atomic E-state index is 12.6. The summed E-state index contributed by atoms with van der Waals surface area (Å²) in [6.07, 6.45) is 6.80. The van der Waals surface area contributed by atoms with E-state index in [0.717, 1.165) is 44.3 Å². The Morgan fingerprint density at radius 1 is 1.11 bits per heavy atom. The molecule has 0 spiro atoms. The van der Waals surface area contributed by atoms with Gasteiger partial charge in [0.15, 0.2) is 0 Å². The number of sulfonamides is 1. The lowest BCUT2D eigenvalue weighted by atomic mass is 10.1. The number of aryl methyl sites for hydroxylation is 1. The molecule has 3 rings (SSSR count). The quantitative estimate of drug-likeness (QED) is 0.790. The number of anilines is 2. The highest BCUT2D eigenvalue weighted by Gasteiger charge is 2.21. The molecule has 1 fully saturated rings. The van der Waals surface area contributed by atoms with Crippen molar-refractivity contribution in [3.63, 3.8) is 0 Å². The Balaban J connectivity index is 1.89. The minimum absolute atomic E-state index is 0.00464. The fraction of sp³-hybridized carbons (Fsp3) is 0.400. The first-order valence-electron chi connectivity index (χ1n) is 9.44. The van der Waals surface area contributed by atoms with E-state index in [0.29, 0.717) is 5.82 Å². The molecule has 2 N–H and O–H groups in total. The monoisotopic (exact) mass is 403 g/mol. The Morgan fingerprint density at radius 3 is 2.43 bits per heavy atom. The van der Waals surface area contributed by atoms with Crippen LogP contribution in [0.2, 0.25) is 0 Å². The molecule has 7 nitrogen and oxygen atoms in total. The molecule has 2 aromatic rings. The summed E-state index contributed by atoms with van der Waals surface area (Å²) in [5.41, 5.74) is 0.958. The lowest BCUT2D eigenvalue weighted by molar-refractivity contribution is 0.0697. The lowest BCUT2D eigenvalue weighted by Gasteiger charge is -2.27. The van der Waals surface area contributed by atoms with Crippen LogP contribution in [0.5, 0.6) is 0 Å². The van der Waals surface area contributed by atoms with Crippen molar-refractivity contribution in [2.75, 3.05) is 22.7 Å². The van der Waals surface area contributed by atoms with Gasteiger partial charge >= 0.3 is 5.97 Å². The summed E-state index contributed by atoms with van der Waals surface area (Å²) in [7, 11) is -3.82. The predicted molar refractivity (Wildman–Crippen MR) is 108 cm³/mol. The first-order chi connectivity index (χ1) is 13.4. The Hall–Kier alpha value is -2.61. The summed E-state index contributed by atoms with van der Waals surface area (Å²) < 4.78 is 27.7. The minimum Gasteiger partial charge on any atom is -0.478 e. The molecule has 1 aromatic carbocycles. The summed E-state index contributed by atoms with van der Waals surface area (Å²) in [5.74, 6) is -0.728. The van der Waals surface area contributed by atoms with Crippen molar-refractivity contribution in [3.8, 4) is 0 Å². The number of carboxylic acid groups (broad SMARTS) is 1. The van der Waals surface area contributed by atoms with Crippen LogP contribution in [0.15, 0.2) is 41.4 Å². The van der Waals surface area contributed by atoms with Gasteiger partial charge in [0.05, 0.1) is 16.8 Å². The number of aromatic carboxylic acids is 1. The van der Waals surface area contributed by atoms with Gasteiger partial charge in [-0.3, -0.25) is 4.72 Å². The molecule has 0 saturated carbocycles. The maximum atomic E-state index is 12.6. The summed E-state index contributed by atoms with van der Waals surface area (Å²) >= 11 is 0. The fourth-order valence-electron chi connectivity index (χ4n) is 3.38. The highest BCUT2D eigenvalue weighted by atomic mass is 32.2. The number of hydrogen-bond acceptors (Lipinski definition) is 5. The molecule has 2 heterocycles. The standard InChI is InChI=1S/C20H25N3O4S/c1-15-8-7-9-17(12-15)28(26,27)22-16-13-18(20(24)25)19(21-14-16)23-10-5-3-2-4-6-11-23/h7-9,12-14,22H,2-6,10-11H2,1H3,(H,24,25). The van der Waals surface area contributed by atoms with Gasteiger partial charge in [0.25, 0.3) is 10.0 Å². The van der Waals surface area contributed by atoms with Crippen molar-refractivity contribution < 1.29 is 18.3 Å². The van der Waals surface area contributed by atoms with Crippen LogP contribution in [0, 0.1) is 6.92 Å². The van der Waals surface area contributed by atoms with E-state index < -0.39 is 16.0 Å². The van der Waals surface area contributed by atoms with Gasteiger partial charge in [-0.1, -0.05) is 31.4 Å². The largest absolute Gasteiger partial charge is 0.478 e. The van der Waals surface area contributed by atoms with Crippen LogP contribution in [-0.2, 0) is 10.0 Å². The molecule has 28 heavy (non-hydrogen) atoms. The number of carboxylic acids is 1. The van der Waals surface area contributed by atoms with Crippen LogP contribution in [-0.4, -0.2) is 37.6 Å². The zero-order chi connectivity index (χ0) is 20.1. The summed E-state index contributed by atoms with van der Waals surface area (Å²) in [6.45, 7) is 3.31. The molecule has 1 aliphatic heterocycles. The van der Waals surface area contributed by atoms with Crippen molar-refractivity contribution in [3.05, 3.63) is 47.7 Å². The van der Waals surface area contributed by atoms with Crippen LogP contribution in [0.25, 0.3) is 0 Å². The van der Waals surface area contributed by atoms with E-state index in [-0.39, 0.29) is 16.1 Å². The third-order valence-corrected chi connectivity index (χ3v) is 6.18. The molecule has 0 bridgehead atoms. The van der Waals surface area contributed by atoms with Crippen molar-refractivity contribution in [2.45, 2.75) is 43.9 Å². The minimum atomic E-state index is -3.82. The van der Waals surface area contributed by atoms with Gasteiger partial charge < -0.3 is 10.0 Å². The molecule has 0 atom stereocenters. The van der Waals surface area contributed by atoms with Crippen LogP contribution in [0.4, 0.5) is 11.5 Å². The third kappa shape index (κ3) is 4.81. The molecule has 0 amide bonds. The van der Waals surface area contributed by atoms with Crippen molar-refractivity contribution in [1.29, 1.82) is 0 Å². The molecule has 0 aliphatic carbocycles. The second-order valence-electron chi connectivity index (χ2n) is 7.08. The average molecular weight is 404 g/mol. The van der Waals surface area contributed by atoms with E-state index in [1.807, 2.05) is 4.90 Å². The van der Waals surface area contributed by atoms with E-state index in [1.54, 1.807) is 25.1 Å². The normalized spacial score (nSPS) is 15.5. The fourth-order valence-corrected chi connectivity index (χ4v) is 4.52. The van der Waals surface area contributed by atoms with Gasteiger partial charge in [0.2, 0.25) is 0 Å². The Kier molecular flexibility index (Phi) is 6.18. The van der Waals surface area contributed by atoms with Crippen molar-refractivity contribution in [1.82, 2.24) is 4.98 Å². The van der Waals surface area contributed by atoms with Gasteiger partial charge in [-0.2, -0.15) is 0 Å². The first kappa shape index (κ1) is 20.1. The first-order valence-corrected chi connectivity index (χ1v) is 10.9. The highest BCUT2D eigenvalue weighted by molar-refractivity contribution is 7.92. The number of carbonyl (C=O) groups is 1. The number of hydrogen-bond donors (Lipinski definition) is 2. The SMILES string of the molecule is Cc1cccc(S(=O)(=O)Nc2cnc(N3CCCCCCC3)c(C(=O)O)c2)c1. The van der Waals surface area contributed by atoms with Crippen LogP contribution >= 0.6 is 0 Å². The van der Waals surface area contributed by atoms with Crippen molar-refractivity contribution in [2.24, 2.45) is 0 Å². The average Bonchev–Trinajstić information content (AvgIpc) is 2.61. The number of benzene rings is 1. The smallest absolute Gasteiger partial charge is 0.339 e. The summed E-state index contributed by atoms with van der Waals surface area (Å²) in [4.78, 5) is 18.2. The summed E-state index contributed by atoms with van der Waals surface area (Å²) in [6, 6.07) is 7.87. The van der Waals surface area contributed by atoms with Gasteiger partial charge in [-0.05, 0) is 43.5 Å². The van der Waals surface area contributed by atoms with Gasteiger partial charge in [-0.25, -0.2) is 18.2 Å². The molecule has 8 heteroatoms. The molecular formula is C20H25N3O4S. The highest BCUT2D eigenvalue weighted by Crippen LogP contribution is 2.25. The second-order valence-corrected chi connectivity index (χ2v) is 8.76. The van der Waals surface area contributed by atoms with Gasteiger partial charge in [0, 0.05) is 13.1 Å². The molecule has 0 unspecified atom stereocenters.